The van der Waals surface area contributed by atoms with Crippen LogP contribution in [0.25, 0.3) is 93.2 Å². The van der Waals surface area contributed by atoms with Crippen LogP contribution in [-0.4, -0.2) is 4.57 Å². The van der Waals surface area contributed by atoms with Crippen LogP contribution in [0.1, 0.15) is 0 Å². The summed E-state index contributed by atoms with van der Waals surface area (Å²) in [4.78, 5) is 2.38. The molecule has 0 bridgehead atoms. The maximum atomic E-state index is 6.31. The van der Waals surface area contributed by atoms with Crippen LogP contribution in [-0.2, 0) is 0 Å². The van der Waals surface area contributed by atoms with E-state index in [4.69, 9.17) is 4.42 Å². The van der Waals surface area contributed by atoms with Gasteiger partial charge in [-0.05, 0) is 111 Å². The quantitative estimate of drug-likeness (QED) is 0.158. The Labute approximate surface area is 341 Å². The van der Waals surface area contributed by atoms with Crippen LogP contribution in [0.15, 0.2) is 223 Å². The van der Waals surface area contributed by atoms with E-state index in [1.54, 1.807) is 0 Å². The topological polar surface area (TPSA) is 21.3 Å². The Morgan fingerprint density at radius 1 is 0.322 bits per heavy atom. The lowest BCUT2D eigenvalue weighted by molar-refractivity contribution is 0.669. The van der Waals surface area contributed by atoms with Crippen molar-refractivity contribution in [1.29, 1.82) is 0 Å². The molecule has 0 saturated heterocycles. The third-order valence-electron chi connectivity index (χ3n) is 12.0. The molecule has 0 aliphatic rings. The summed E-state index contributed by atoms with van der Waals surface area (Å²) in [5, 5.41) is 9.74. The number of para-hydroxylation sites is 4. The summed E-state index contributed by atoms with van der Waals surface area (Å²) in [7, 11) is 0. The zero-order valence-corrected chi connectivity index (χ0v) is 32.1. The highest BCUT2D eigenvalue weighted by Crippen LogP contribution is 2.42. The molecule has 0 spiro atoms. The van der Waals surface area contributed by atoms with Gasteiger partial charge in [0.05, 0.1) is 16.7 Å². The average molecular weight is 753 g/mol. The van der Waals surface area contributed by atoms with E-state index >= 15 is 0 Å². The second-order valence-electron chi connectivity index (χ2n) is 15.3. The Morgan fingerprint density at radius 3 is 1.73 bits per heavy atom. The molecule has 0 amide bonds. The lowest BCUT2D eigenvalue weighted by Gasteiger charge is -2.27. The standard InChI is InChI=1S/C56H36N2O/c1-2-15-45-37(12-1)24-25-41-35-44(31-33-46(41)45)57(43-14-11-13-39(34-43)40-28-32-51-50-19-6-10-23-55(50)59-56(51)36-40)42-29-26-38(27-30-42)47-16-3-7-20-52(47)58-53-21-8-4-17-48(53)49-18-5-9-22-54(49)58/h1-36H. The SMILES string of the molecule is c1cc(-c2ccc3c(c2)oc2ccccc23)cc(N(c2ccc(-c3ccccc3-n3c4ccccc4c4ccccc43)cc2)c2ccc3c(ccc4ccccc43)c2)c1. The Hall–Kier alpha value is -7.88. The maximum Gasteiger partial charge on any atom is 0.136 e. The Kier molecular flexibility index (Phi) is 7.54. The minimum absolute atomic E-state index is 0.893. The number of fused-ring (bicyclic) bond motifs is 9. The predicted molar refractivity (Wildman–Crippen MR) is 249 cm³/mol. The molecule has 0 atom stereocenters. The van der Waals surface area contributed by atoms with E-state index in [0.29, 0.717) is 0 Å². The van der Waals surface area contributed by atoms with E-state index in [1.807, 2.05) is 12.1 Å². The van der Waals surface area contributed by atoms with Gasteiger partial charge in [-0.1, -0.05) is 146 Å². The lowest BCUT2D eigenvalue weighted by atomic mass is 9.99. The fourth-order valence-electron chi connectivity index (χ4n) is 9.20. The van der Waals surface area contributed by atoms with E-state index in [9.17, 15) is 0 Å². The second kappa shape index (κ2) is 13.4. The van der Waals surface area contributed by atoms with Gasteiger partial charge >= 0.3 is 0 Å². The first-order chi connectivity index (χ1) is 29.2. The number of aromatic nitrogens is 1. The summed E-state index contributed by atoms with van der Waals surface area (Å²) < 4.78 is 8.72. The smallest absolute Gasteiger partial charge is 0.136 e. The molecule has 3 nitrogen and oxygen atoms in total. The highest BCUT2D eigenvalue weighted by molar-refractivity contribution is 6.11. The van der Waals surface area contributed by atoms with Gasteiger partial charge in [0.1, 0.15) is 11.2 Å². The number of anilines is 3. The summed E-state index contributed by atoms with van der Waals surface area (Å²) in [5.41, 5.74) is 13.2. The fraction of sp³-hybridized carbons (Fsp3) is 0. The first kappa shape index (κ1) is 33.3. The van der Waals surface area contributed by atoms with Crippen molar-refractivity contribution in [2.24, 2.45) is 0 Å². The van der Waals surface area contributed by atoms with E-state index < -0.39 is 0 Å². The monoisotopic (exact) mass is 752 g/mol. The van der Waals surface area contributed by atoms with Gasteiger partial charge in [-0.2, -0.15) is 0 Å². The maximum absolute atomic E-state index is 6.31. The number of furan rings is 1. The van der Waals surface area contributed by atoms with Gasteiger partial charge in [0.2, 0.25) is 0 Å². The molecule has 0 radical (unpaired) electrons. The van der Waals surface area contributed by atoms with Crippen molar-refractivity contribution in [1.82, 2.24) is 4.57 Å². The van der Waals surface area contributed by atoms with Crippen LogP contribution >= 0.6 is 0 Å². The highest BCUT2D eigenvalue weighted by Gasteiger charge is 2.18. The van der Waals surface area contributed by atoms with E-state index in [1.165, 1.54) is 48.9 Å². The molecule has 0 unspecified atom stereocenters. The van der Waals surface area contributed by atoms with Crippen molar-refractivity contribution >= 4 is 82.4 Å². The zero-order valence-electron chi connectivity index (χ0n) is 32.1. The van der Waals surface area contributed by atoms with Crippen molar-refractivity contribution in [3.8, 4) is 27.9 Å². The van der Waals surface area contributed by atoms with Crippen molar-refractivity contribution < 1.29 is 4.42 Å². The molecule has 0 fully saturated rings. The molecule has 0 aliphatic carbocycles. The van der Waals surface area contributed by atoms with Crippen LogP contribution < -0.4 is 4.90 Å². The summed E-state index contributed by atoms with van der Waals surface area (Å²) in [6, 6.07) is 78.8. The van der Waals surface area contributed by atoms with Crippen LogP contribution in [0, 0.1) is 0 Å². The van der Waals surface area contributed by atoms with Gasteiger partial charge in [0.15, 0.2) is 0 Å². The normalized spacial score (nSPS) is 11.7. The predicted octanol–water partition coefficient (Wildman–Crippen LogP) is 15.8. The molecule has 3 heteroatoms. The molecule has 0 saturated carbocycles. The Balaban J connectivity index is 0.995. The molecule has 12 rings (SSSR count). The second-order valence-corrected chi connectivity index (χ2v) is 15.3. The van der Waals surface area contributed by atoms with Crippen molar-refractivity contribution in [3.63, 3.8) is 0 Å². The molecule has 2 heterocycles. The van der Waals surface area contributed by atoms with Crippen LogP contribution in [0.2, 0.25) is 0 Å². The summed E-state index contributed by atoms with van der Waals surface area (Å²) in [6.07, 6.45) is 0. The molecule has 12 aromatic rings. The fourth-order valence-corrected chi connectivity index (χ4v) is 9.20. The molecular formula is C56H36N2O. The van der Waals surface area contributed by atoms with Gasteiger partial charge in [-0.3, -0.25) is 0 Å². The van der Waals surface area contributed by atoms with Crippen LogP contribution in [0.5, 0.6) is 0 Å². The van der Waals surface area contributed by atoms with Gasteiger partial charge in [-0.25, -0.2) is 0 Å². The van der Waals surface area contributed by atoms with Crippen molar-refractivity contribution in [3.05, 3.63) is 218 Å². The molecule has 2 aromatic heterocycles. The minimum Gasteiger partial charge on any atom is -0.456 e. The molecular weight excluding hydrogens is 717 g/mol. The average Bonchev–Trinajstić information content (AvgIpc) is 3.85. The zero-order chi connectivity index (χ0) is 38.9. The van der Waals surface area contributed by atoms with E-state index in [0.717, 1.165) is 61.4 Å². The third kappa shape index (κ3) is 5.44. The Bertz CT molecular complexity index is 3520. The minimum atomic E-state index is 0.893. The third-order valence-corrected chi connectivity index (χ3v) is 12.0. The van der Waals surface area contributed by atoms with E-state index in [2.05, 4.69) is 216 Å². The largest absolute Gasteiger partial charge is 0.456 e. The number of rotatable bonds is 6. The van der Waals surface area contributed by atoms with E-state index in [-0.39, 0.29) is 0 Å². The summed E-state index contributed by atoms with van der Waals surface area (Å²) in [5.74, 6) is 0. The molecule has 0 N–H and O–H groups in total. The number of hydrogen-bond acceptors (Lipinski definition) is 2. The molecule has 10 aromatic carbocycles. The van der Waals surface area contributed by atoms with Crippen LogP contribution in [0.3, 0.4) is 0 Å². The first-order valence-corrected chi connectivity index (χ1v) is 20.2. The summed E-state index contributed by atoms with van der Waals surface area (Å²) >= 11 is 0. The highest BCUT2D eigenvalue weighted by atomic mass is 16.3. The Morgan fingerprint density at radius 2 is 0.898 bits per heavy atom. The molecule has 276 valence electrons. The van der Waals surface area contributed by atoms with Gasteiger partial charge in [0, 0.05) is 44.2 Å². The lowest BCUT2D eigenvalue weighted by Crippen LogP contribution is -2.10. The van der Waals surface area contributed by atoms with Gasteiger partial charge in [-0.15, -0.1) is 0 Å². The number of benzene rings is 10. The number of nitrogens with zero attached hydrogens (tertiary/aromatic N) is 2. The van der Waals surface area contributed by atoms with Gasteiger partial charge < -0.3 is 13.9 Å². The molecule has 0 aliphatic heterocycles. The number of hydrogen-bond donors (Lipinski definition) is 0. The van der Waals surface area contributed by atoms with Crippen molar-refractivity contribution in [2.75, 3.05) is 4.90 Å². The van der Waals surface area contributed by atoms with Crippen LogP contribution in [0.4, 0.5) is 17.1 Å². The summed E-state index contributed by atoms with van der Waals surface area (Å²) in [6.45, 7) is 0. The molecule has 59 heavy (non-hydrogen) atoms. The first-order valence-electron chi connectivity index (χ1n) is 20.2. The van der Waals surface area contributed by atoms with Gasteiger partial charge in [0.25, 0.3) is 0 Å². The van der Waals surface area contributed by atoms with Crippen molar-refractivity contribution in [2.45, 2.75) is 0 Å².